The van der Waals surface area contributed by atoms with Crippen molar-refractivity contribution < 1.29 is 67.5 Å². The highest BCUT2D eigenvalue weighted by molar-refractivity contribution is 5.96. The normalized spacial score (nSPS) is 10.8. The van der Waals surface area contributed by atoms with Gasteiger partial charge in [0.2, 0.25) is 5.91 Å². The number of carboxylic acids is 2. The zero-order chi connectivity index (χ0) is 39.8. The highest BCUT2D eigenvalue weighted by Crippen LogP contribution is 2.09. The lowest BCUT2D eigenvalue weighted by atomic mass is 10.2. The Morgan fingerprint density at radius 3 is 1.38 bits per heavy atom. The first-order chi connectivity index (χ1) is 25.2. The van der Waals surface area contributed by atoms with Gasteiger partial charge in [-0.2, -0.15) is 0 Å². The number of rotatable bonds is 19. The van der Waals surface area contributed by atoms with Gasteiger partial charge in [-0.15, -0.1) is 0 Å². The molecule has 0 fully saturated rings. The fraction of sp³-hybridized carbons (Fsp3) is 0.351. The topological polar surface area (TPSA) is 220 Å². The molecule has 0 saturated carbocycles. The van der Waals surface area contributed by atoms with Crippen LogP contribution in [0.5, 0.6) is 0 Å². The van der Waals surface area contributed by atoms with Crippen LogP contribution in [0.3, 0.4) is 0 Å². The third kappa shape index (κ3) is 19.6. The molecule has 53 heavy (non-hydrogen) atoms. The van der Waals surface area contributed by atoms with Crippen LogP contribution in [0.2, 0.25) is 0 Å². The first-order valence-electron chi connectivity index (χ1n) is 16.3. The fourth-order valence-electron chi connectivity index (χ4n) is 4.12. The first-order valence-corrected chi connectivity index (χ1v) is 16.3. The Morgan fingerprint density at radius 1 is 0.585 bits per heavy atom. The van der Waals surface area contributed by atoms with Gasteiger partial charge < -0.3 is 39.0 Å². The summed E-state index contributed by atoms with van der Waals surface area (Å²) in [4.78, 5) is 95.1. The summed E-state index contributed by atoms with van der Waals surface area (Å²) < 4.78 is 19.4. The minimum absolute atomic E-state index is 0.0809. The maximum absolute atomic E-state index is 12.4. The molecule has 0 heterocycles. The van der Waals surface area contributed by atoms with Gasteiger partial charge in [0.1, 0.15) is 19.7 Å². The molecule has 2 aromatic carbocycles. The number of benzene rings is 2. The van der Waals surface area contributed by atoms with Crippen molar-refractivity contribution in [2.75, 3.05) is 39.5 Å². The summed E-state index contributed by atoms with van der Waals surface area (Å²) in [6.45, 7) is 5.29. The molecular weight excluding hydrogens is 696 g/mol. The lowest BCUT2D eigenvalue weighted by Gasteiger charge is -2.22. The van der Waals surface area contributed by atoms with E-state index in [1.54, 1.807) is 38.1 Å². The zero-order valence-electron chi connectivity index (χ0n) is 30.0. The largest absolute Gasteiger partial charge is 0.478 e. The molecule has 2 amide bonds. The summed E-state index contributed by atoms with van der Waals surface area (Å²) in [7, 11) is 0. The summed E-state index contributed by atoms with van der Waals surface area (Å²) in [6.07, 6.45) is 1.28. The Morgan fingerprint density at radius 2 is 0.981 bits per heavy atom. The molecule has 0 radical (unpaired) electrons. The third-order valence-electron chi connectivity index (χ3n) is 6.59. The van der Waals surface area contributed by atoms with Crippen molar-refractivity contribution in [1.29, 1.82) is 0 Å². The zero-order valence-corrected chi connectivity index (χ0v) is 30.0. The van der Waals surface area contributed by atoms with Gasteiger partial charge in [0, 0.05) is 36.4 Å². The number of carbonyl (C=O) groups is 8. The van der Waals surface area contributed by atoms with E-state index in [4.69, 9.17) is 29.2 Å². The fourth-order valence-corrected chi connectivity index (χ4v) is 4.12. The molecule has 0 aliphatic heterocycles. The Labute approximate surface area is 306 Å². The summed E-state index contributed by atoms with van der Waals surface area (Å²) in [5.41, 5.74) is 1.40. The van der Waals surface area contributed by atoms with Crippen molar-refractivity contribution in [3.05, 3.63) is 95.1 Å². The molecule has 0 bridgehead atoms. The van der Waals surface area contributed by atoms with Crippen LogP contribution in [0.1, 0.15) is 45.2 Å². The van der Waals surface area contributed by atoms with E-state index in [-0.39, 0.29) is 69.5 Å². The van der Waals surface area contributed by atoms with E-state index in [1.165, 1.54) is 23.6 Å². The molecule has 2 N–H and O–H groups in total. The van der Waals surface area contributed by atoms with E-state index >= 15 is 0 Å². The van der Waals surface area contributed by atoms with Crippen LogP contribution in [-0.2, 0) is 70.4 Å². The van der Waals surface area contributed by atoms with E-state index in [9.17, 15) is 38.4 Å². The van der Waals surface area contributed by atoms with E-state index in [1.807, 2.05) is 36.4 Å². The van der Waals surface area contributed by atoms with Crippen molar-refractivity contribution in [2.24, 2.45) is 0 Å². The summed E-state index contributed by atoms with van der Waals surface area (Å²) in [6, 6.07) is 18.1. The number of carbonyl (C=O) groups excluding carboxylic acids is 6. The van der Waals surface area contributed by atoms with Crippen molar-refractivity contribution in [3.63, 3.8) is 0 Å². The minimum atomic E-state index is -1.29. The molecule has 2 aromatic rings. The maximum Gasteiger partial charge on any atom is 0.334 e. The van der Waals surface area contributed by atoms with Crippen LogP contribution in [0.15, 0.2) is 84.0 Å². The molecule has 0 aliphatic rings. The van der Waals surface area contributed by atoms with Crippen molar-refractivity contribution in [1.82, 2.24) is 9.80 Å². The summed E-state index contributed by atoms with van der Waals surface area (Å²) in [5.74, 6) is -6.38. The predicted molar refractivity (Wildman–Crippen MR) is 186 cm³/mol. The number of esters is 4. The standard InChI is InChI=1S/C19H23NO7.C18H21NO7/c1-3-26-18(24)13-20(12-15-7-5-4-6-8-15)16(21)9-10-27-19(25)14(2)11-17(22)23;1-3-25-17(23)11-19(10-14-7-5-4-6-8-14)15(20)12-26-18(24)13(2)9-16(21)22/h4-8,11H,3,9-10,12-13H2,1-2H3,(H,22,23);4-9H,3,10-12H2,1-2H3,(H,21,22)/b14-11+;. The van der Waals surface area contributed by atoms with E-state index in [0.717, 1.165) is 17.2 Å². The Bertz CT molecular complexity index is 1620. The Balaban J connectivity index is 0.000000530. The molecule has 0 atom stereocenters. The van der Waals surface area contributed by atoms with Gasteiger partial charge in [0.05, 0.1) is 19.6 Å². The number of amides is 2. The molecule has 0 unspecified atom stereocenters. The van der Waals surface area contributed by atoms with Gasteiger partial charge >= 0.3 is 35.8 Å². The quantitative estimate of drug-likeness (QED) is 0.120. The third-order valence-corrected chi connectivity index (χ3v) is 6.59. The monoisotopic (exact) mass is 740 g/mol. The molecule has 16 heteroatoms. The molecule has 2 rings (SSSR count). The van der Waals surface area contributed by atoms with E-state index < -0.39 is 48.3 Å². The molecule has 286 valence electrons. The smallest absolute Gasteiger partial charge is 0.334 e. The number of aliphatic carboxylic acids is 2. The number of ether oxygens (including phenoxy) is 4. The molecule has 16 nitrogen and oxygen atoms in total. The van der Waals surface area contributed by atoms with Crippen molar-refractivity contribution >= 4 is 47.6 Å². The van der Waals surface area contributed by atoms with Gasteiger partial charge in [0.25, 0.3) is 5.91 Å². The van der Waals surface area contributed by atoms with Gasteiger partial charge in [-0.1, -0.05) is 60.7 Å². The number of nitrogens with zero attached hydrogens (tertiary/aromatic N) is 2. The second kappa shape index (κ2) is 24.8. The minimum Gasteiger partial charge on any atom is -0.478 e. The summed E-state index contributed by atoms with van der Waals surface area (Å²) in [5, 5.41) is 17.2. The Kier molecular flexibility index (Phi) is 20.9. The van der Waals surface area contributed by atoms with Crippen LogP contribution >= 0.6 is 0 Å². The average molecular weight is 741 g/mol. The van der Waals surface area contributed by atoms with Crippen LogP contribution in [-0.4, -0.2) is 107 Å². The van der Waals surface area contributed by atoms with Crippen LogP contribution in [0.4, 0.5) is 0 Å². The number of carboxylic acid groups (broad SMARTS) is 2. The highest BCUT2D eigenvalue weighted by atomic mass is 16.5. The van der Waals surface area contributed by atoms with Crippen molar-refractivity contribution in [3.8, 4) is 0 Å². The van der Waals surface area contributed by atoms with Crippen LogP contribution < -0.4 is 0 Å². The lowest BCUT2D eigenvalue weighted by Crippen LogP contribution is -2.38. The van der Waals surface area contributed by atoms with Crippen LogP contribution in [0.25, 0.3) is 0 Å². The molecular formula is C37H44N2O14. The number of hydrogen-bond donors (Lipinski definition) is 2. The maximum atomic E-state index is 12.4. The molecule has 0 spiro atoms. The number of hydrogen-bond acceptors (Lipinski definition) is 12. The second-order valence-corrected chi connectivity index (χ2v) is 10.9. The van der Waals surface area contributed by atoms with E-state index in [2.05, 4.69) is 0 Å². The first kappa shape index (κ1) is 44.7. The predicted octanol–water partition coefficient (Wildman–Crippen LogP) is 2.69. The highest BCUT2D eigenvalue weighted by Gasteiger charge is 2.21. The SMILES string of the molecule is CCOC(=O)CN(Cc1ccccc1)C(=O)CCOC(=O)/C(C)=C/C(=O)O.CCOC(=O)CN(Cc1ccccc1)C(=O)COC(=O)C(C)=CC(=O)O. The van der Waals surface area contributed by atoms with Gasteiger partial charge in [-0.25, -0.2) is 19.2 Å². The van der Waals surface area contributed by atoms with Crippen LogP contribution in [0, 0.1) is 0 Å². The van der Waals surface area contributed by atoms with E-state index in [0.29, 0.717) is 6.08 Å². The lowest BCUT2D eigenvalue weighted by molar-refractivity contribution is -0.154. The van der Waals surface area contributed by atoms with Gasteiger partial charge in [-0.3, -0.25) is 19.2 Å². The summed E-state index contributed by atoms with van der Waals surface area (Å²) >= 11 is 0. The van der Waals surface area contributed by atoms with Gasteiger partial charge in [-0.05, 0) is 38.8 Å². The molecule has 0 aliphatic carbocycles. The Hall–Kier alpha value is -6.32. The molecule has 0 aromatic heterocycles. The van der Waals surface area contributed by atoms with Gasteiger partial charge in [0.15, 0.2) is 6.61 Å². The second-order valence-electron chi connectivity index (χ2n) is 10.9. The average Bonchev–Trinajstić information content (AvgIpc) is 3.10. The van der Waals surface area contributed by atoms with Crippen molar-refractivity contribution in [2.45, 2.75) is 47.2 Å². The molecule has 0 saturated heterocycles.